The van der Waals surface area contributed by atoms with Gasteiger partial charge in [-0.25, -0.2) is 0 Å². The van der Waals surface area contributed by atoms with Crippen LogP contribution in [0.15, 0.2) is 54.7 Å². The molecule has 1 saturated carbocycles. The first-order valence-corrected chi connectivity index (χ1v) is 9.47. The molecule has 4 rings (SSSR count). The van der Waals surface area contributed by atoms with Gasteiger partial charge in [-0.2, -0.15) is 0 Å². The Hall–Kier alpha value is -2.06. The molecule has 128 valence electrons. The van der Waals surface area contributed by atoms with Crippen molar-refractivity contribution < 1.29 is 4.79 Å². The normalized spacial score (nSPS) is 15.6. The third-order valence-electron chi connectivity index (χ3n) is 5.33. The van der Waals surface area contributed by atoms with Crippen molar-refractivity contribution >= 4 is 28.3 Å². The van der Waals surface area contributed by atoms with Crippen molar-refractivity contribution in [1.29, 1.82) is 0 Å². The molecule has 0 amide bonds. The summed E-state index contributed by atoms with van der Waals surface area (Å²) >= 11 is 6.34. The molecule has 0 N–H and O–H groups in total. The molecule has 2 aromatic carbocycles. The van der Waals surface area contributed by atoms with Crippen molar-refractivity contribution in [2.45, 2.75) is 38.6 Å². The summed E-state index contributed by atoms with van der Waals surface area (Å²) < 4.78 is 2.16. The van der Waals surface area contributed by atoms with Gasteiger partial charge in [0.15, 0.2) is 5.78 Å². The van der Waals surface area contributed by atoms with Gasteiger partial charge in [-0.05, 0) is 30.5 Å². The number of rotatable bonds is 4. The molecule has 0 aliphatic heterocycles. The molecule has 1 aliphatic carbocycles. The van der Waals surface area contributed by atoms with Crippen LogP contribution in [0.2, 0.25) is 5.02 Å². The van der Waals surface area contributed by atoms with Gasteiger partial charge < -0.3 is 4.57 Å². The molecule has 2 nitrogen and oxygen atoms in total. The van der Waals surface area contributed by atoms with Crippen LogP contribution in [-0.2, 0) is 6.54 Å². The molecule has 0 radical (unpaired) electrons. The molecule has 0 spiro atoms. The van der Waals surface area contributed by atoms with E-state index in [4.69, 9.17) is 11.6 Å². The van der Waals surface area contributed by atoms with Crippen LogP contribution < -0.4 is 0 Å². The number of halogens is 1. The van der Waals surface area contributed by atoms with E-state index in [1.807, 2.05) is 42.6 Å². The number of ketones is 1. The molecular weight excluding hydrogens is 330 g/mol. The number of Topliss-reactive ketones (excluding diaryl/α,β-unsaturated/α-hetero) is 1. The Balaban J connectivity index is 1.73. The predicted octanol–water partition coefficient (Wildman–Crippen LogP) is 6.11. The molecule has 1 heterocycles. The molecule has 0 bridgehead atoms. The summed E-state index contributed by atoms with van der Waals surface area (Å²) in [5.41, 5.74) is 3.04. The first kappa shape index (κ1) is 16.4. The third kappa shape index (κ3) is 3.23. The van der Waals surface area contributed by atoms with Crippen LogP contribution in [0.5, 0.6) is 0 Å². The van der Waals surface area contributed by atoms with E-state index in [9.17, 15) is 4.79 Å². The Labute approximate surface area is 153 Å². The summed E-state index contributed by atoms with van der Waals surface area (Å²) in [6, 6.07) is 16.1. The number of carbonyl (C=O) groups excluding carboxylic acids is 1. The second kappa shape index (κ2) is 7.05. The Morgan fingerprint density at radius 1 is 1.00 bits per heavy atom. The topological polar surface area (TPSA) is 22.0 Å². The number of aromatic nitrogens is 1. The van der Waals surface area contributed by atoms with Crippen molar-refractivity contribution in [2.75, 3.05) is 0 Å². The van der Waals surface area contributed by atoms with Crippen molar-refractivity contribution in [2.24, 2.45) is 5.92 Å². The molecule has 0 saturated heterocycles. The smallest absolute Gasteiger partial charge is 0.168 e. The second-order valence-electron chi connectivity index (χ2n) is 6.98. The van der Waals surface area contributed by atoms with Crippen molar-refractivity contribution in [3.8, 4) is 0 Å². The standard InChI is InChI=1S/C22H22ClNO/c23-20-12-6-4-10-17(20)14-24-15-19(18-11-5-7-13-21(18)24)22(25)16-8-2-1-3-9-16/h4-7,10-13,15-16H,1-3,8-9,14H2. The van der Waals surface area contributed by atoms with Crippen molar-refractivity contribution in [3.63, 3.8) is 0 Å². The minimum atomic E-state index is 0.188. The van der Waals surface area contributed by atoms with Gasteiger partial charge in [-0.3, -0.25) is 4.79 Å². The zero-order valence-electron chi connectivity index (χ0n) is 14.2. The van der Waals surface area contributed by atoms with Gasteiger partial charge in [0.25, 0.3) is 0 Å². The Morgan fingerprint density at radius 2 is 1.72 bits per heavy atom. The molecule has 1 aliphatic rings. The number of benzene rings is 2. The summed E-state index contributed by atoms with van der Waals surface area (Å²) in [6.07, 6.45) is 7.71. The molecule has 0 atom stereocenters. The van der Waals surface area contributed by atoms with Gasteiger partial charge in [0.2, 0.25) is 0 Å². The number of hydrogen-bond donors (Lipinski definition) is 0. The highest BCUT2D eigenvalue weighted by molar-refractivity contribution is 6.31. The van der Waals surface area contributed by atoms with Gasteiger partial charge in [0.1, 0.15) is 0 Å². The van der Waals surface area contributed by atoms with Crippen LogP contribution in [0, 0.1) is 5.92 Å². The molecule has 3 aromatic rings. The number of para-hydroxylation sites is 1. The largest absolute Gasteiger partial charge is 0.342 e. The van der Waals surface area contributed by atoms with E-state index in [1.165, 1.54) is 19.3 Å². The maximum Gasteiger partial charge on any atom is 0.168 e. The lowest BCUT2D eigenvalue weighted by molar-refractivity contribution is 0.0891. The minimum Gasteiger partial charge on any atom is -0.342 e. The van der Waals surface area contributed by atoms with Crippen LogP contribution in [0.3, 0.4) is 0 Å². The average molecular weight is 352 g/mol. The molecule has 1 aromatic heterocycles. The summed E-state index contributed by atoms with van der Waals surface area (Å²) in [5, 5.41) is 1.82. The zero-order chi connectivity index (χ0) is 17.2. The fourth-order valence-corrected chi connectivity index (χ4v) is 4.16. The lowest BCUT2D eigenvalue weighted by Gasteiger charge is -2.19. The predicted molar refractivity (Wildman–Crippen MR) is 103 cm³/mol. The maximum absolute atomic E-state index is 13.1. The molecule has 0 unspecified atom stereocenters. The lowest BCUT2D eigenvalue weighted by Crippen LogP contribution is -2.17. The number of nitrogens with zero attached hydrogens (tertiary/aromatic N) is 1. The fourth-order valence-electron chi connectivity index (χ4n) is 3.97. The quantitative estimate of drug-likeness (QED) is 0.520. The first-order chi connectivity index (χ1) is 12.2. The van der Waals surface area contributed by atoms with E-state index < -0.39 is 0 Å². The second-order valence-corrected chi connectivity index (χ2v) is 7.39. The van der Waals surface area contributed by atoms with Crippen LogP contribution in [0.4, 0.5) is 0 Å². The van der Waals surface area contributed by atoms with E-state index in [-0.39, 0.29) is 5.92 Å². The molecular formula is C22H22ClNO. The van der Waals surface area contributed by atoms with Crippen LogP contribution in [0.25, 0.3) is 10.9 Å². The summed E-state index contributed by atoms with van der Waals surface area (Å²) in [5.74, 6) is 0.502. The molecule has 1 fully saturated rings. The maximum atomic E-state index is 13.1. The SMILES string of the molecule is O=C(c1cn(Cc2ccccc2Cl)c2ccccc12)C1CCCCC1. The van der Waals surface area contributed by atoms with Crippen LogP contribution in [0.1, 0.15) is 48.0 Å². The summed E-state index contributed by atoms with van der Waals surface area (Å²) in [4.78, 5) is 13.1. The van der Waals surface area contributed by atoms with E-state index in [2.05, 4.69) is 16.7 Å². The molecule has 3 heteroatoms. The Morgan fingerprint density at radius 3 is 2.52 bits per heavy atom. The van der Waals surface area contributed by atoms with Crippen molar-refractivity contribution in [1.82, 2.24) is 4.57 Å². The highest BCUT2D eigenvalue weighted by Gasteiger charge is 2.25. The minimum absolute atomic E-state index is 0.188. The molecule has 25 heavy (non-hydrogen) atoms. The highest BCUT2D eigenvalue weighted by Crippen LogP contribution is 2.31. The summed E-state index contributed by atoms with van der Waals surface area (Å²) in [6.45, 7) is 0.679. The van der Waals surface area contributed by atoms with Gasteiger partial charge in [-0.1, -0.05) is 67.3 Å². The van der Waals surface area contributed by atoms with E-state index in [1.54, 1.807) is 0 Å². The average Bonchev–Trinajstić information content (AvgIpc) is 3.02. The third-order valence-corrected chi connectivity index (χ3v) is 5.70. The van der Waals surface area contributed by atoms with Crippen molar-refractivity contribution in [3.05, 3.63) is 70.9 Å². The monoisotopic (exact) mass is 351 g/mol. The Kier molecular flexibility index (Phi) is 4.63. The van der Waals surface area contributed by atoms with Gasteiger partial charge in [0, 0.05) is 40.1 Å². The first-order valence-electron chi connectivity index (χ1n) is 9.09. The highest BCUT2D eigenvalue weighted by atomic mass is 35.5. The van der Waals surface area contributed by atoms with Gasteiger partial charge in [-0.15, -0.1) is 0 Å². The van der Waals surface area contributed by atoms with E-state index in [0.29, 0.717) is 12.3 Å². The number of carbonyl (C=O) groups is 1. The van der Waals surface area contributed by atoms with Gasteiger partial charge in [0.05, 0.1) is 0 Å². The fraction of sp³-hybridized carbons (Fsp3) is 0.318. The lowest BCUT2D eigenvalue weighted by atomic mass is 9.84. The zero-order valence-corrected chi connectivity index (χ0v) is 15.0. The summed E-state index contributed by atoms with van der Waals surface area (Å²) in [7, 11) is 0. The Bertz CT molecular complexity index is 905. The van der Waals surface area contributed by atoms with Crippen LogP contribution >= 0.6 is 11.6 Å². The number of hydrogen-bond acceptors (Lipinski definition) is 1. The van der Waals surface area contributed by atoms with Gasteiger partial charge >= 0.3 is 0 Å². The van der Waals surface area contributed by atoms with E-state index >= 15 is 0 Å². The number of fused-ring (bicyclic) bond motifs is 1. The van der Waals surface area contributed by atoms with Crippen LogP contribution in [-0.4, -0.2) is 10.4 Å². The van der Waals surface area contributed by atoms with E-state index in [0.717, 1.165) is 39.9 Å².